The van der Waals surface area contributed by atoms with Gasteiger partial charge < -0.3 is 14.8 Å². The molecule has 124 valence electrons. The lowest BCUT2D eigenvalue weighted by atomic mass is 9.93. The highest BCUT2D eigenvalue weighted by Crippen LogP contribution is 2.31. The normalized spacial score (nSPS) is 18.8. The minimum Gasteiger partial charge on any atom is -0.486 e. The number of likely N-dealkylation sites (tertiary alicyclic amines) is 1. The number of ether oxygens (including phenoxy) is 2. The predicted octanol–water partition coefficient (Wildman–Crippen LogP) is 2.70. The van der Waals surface area contributed by atoms with Crippen molar-refractivity contribution in [3.05, 3.63) is 23.8 Å². The van der Waals surface area contributed by atoms with Crippen molar-refractivity contribution in [2.45, 2.75) is 25.8 Å². The number of fused-ring (bicyclic) bond motifs is 1. The van der Waals surface area contributed by atoms with Crippen LogP contribution in [-0.2, 0) is 6.54 Å². The molecule has 3 rings (SSSR count). The van der Waals surface area contributed by atoms with E-state index in [1.54, 1.807) is 0 Å². The molecule has 0 radical (unpaired) electrons. The van der Waals surface area contributed by atoms with Crippen molar-refractivity contribution in [1.82, 2.24) is 10.2 Å². The zero-order valence-corrected chi connectivity index (χ0v) is 14.2. The van der Waals surface area contributed by atoms with E-state index in [-0.39, 0.29) is 12.4 Å². The van der Waals surface area contributed by atoms with Gasteiger partial charge >= 0.3 is 0 Å². The Kier molecular flexibility index (Phi) is 6.80. The van der Waals surface area contributed by atoms with Crippen LogP contribution in [0.5, 0.6) is 11.5 Å². The molecule has 0 unspecified atom stereocenters. The third-order valence-electron chi connectivity index (χ3n) is 4.52. The molecular formula is C17H27ClN2O2. The lowest BCUT2D eigenvalue weighted by Crippen LogP contribution is -2.34. The van der Waals surface area contributed by atoms with E-state index >= 15 is 0 Å². The average molecular weight is 327 g/mol. The number of hydrogen-bond donors (Lipinski definition) is 1. The summed E-state index contributed by atoms with van der Waals surface area (Å²) < 4.78 is 11.2. The Morgan fingerprint density at radius 3 is 2.59 bits per heavy atom. The van der Waals surface area contributed by atoms with Gasteiger partial charge in [0, 0.05) is 6.54 Å². The van der Waals surface area contributed by atoms with Gasteiger partial charge in [0.05, 0.1) is 0 Å². The second-order valence-electron chi connectivity index (χ2n) is 6.09. The summed E-state index contributed by atoms with van der Waals surface area (Å²) in [4.78, 5) is 2.56. The fourth-order valence-corrected chi connectivity index (χ4v) is 3.23. The van der Waals surface area contributed by atoms with Crippen molar-refractivity contribution in [2.24, 2.45) is 5.92 Å². The highest BCUT2D eigenvalue weighted by atomic mass is 35.5. The number of rotatable bonds is 5. The van der Waals surface area contributed by atoms with Crippen molar-refractivity contribution in [3.63, 3.8) is 0 Å². The molecule has 0 amide bonds. The first-order valence-electron chi connectivity index (χ1n) is 8.10. The zero-order chi connectivity index (χ0) is 14.5. The third kappa shape index (κ3) is 4.51. The number of benzene rings is 1. The molecule has 1 saturated heterocycles. The summed E-state index contributed by atoms with van der Waals surface area (Å²) in [6.45, 7) is 5.91. The van der Waals surface area contributed by atoms with E-state index in [0.717, 1.165) is 30.5 Å². The van der Waals surface area contributed by atoms with E-state index in [1.165, 1.54) is 37.9 Å². The Hall–Kier alpha value is -0.970. The SMILES string of the molecule is CNCCC1CCN(Cc2ccc3c(c2)OCCO3)CC1.Cl. The van der Waals surface area contributed by atoms with E-state index in [2.05, 4.69) is 22.3 Å². The number of hydrogen-bond acceptors (Lipinski definition) is 4. The van der Waals surface area contributed by atoms with E-state index in [9.17, 15) is 0 Å². The molecule has 2 heterocycles. The Balaban J connectivity index is 0.00000176. The van der Waals surface area contributed by atoms with Gasteiger partial charge in [0.1, 0.15) is 13.2 Å². The van der Waals surface area contributed by atoms with E-state index in [1.807, 2.05) is 13.1 Å². The molecule has 0 atom stereocenters. The van der Waals surface area contributed by atoms with Crippen molar-refractivity contribution in [2.75, 3.05) is 39.9 Å². The molecule has 0 aliphatic carbocycles. The number of piperidine rings is 1. The van der Waals surface area contributed by atoms with Crippen LogP contribution in [0.15, 0.2) is 18.2 Å². The van der Waals surface area contributed by atoms with Gasteiger partial charge in [0.25, 0.3) is 0 Å². The average Bonchev–Trinajstić information content (AvgIpc) is 2.54. The maximum Gasteiger partial charge on any atom is 0.161 e. The molecule has 4 nitrogen and oxygen atoms in total. The number of nitrogens with zero attached hydrogens (tertiary/aromatic N) is 1. The van der Waals surface area contributed by atoms with Crippen LogP contribution in [0.25, 0.3) is 0 Å². The van der Waals surface area contributed by atoms with Crippen molar-refractivity contribution < 1.29 is 9.47 Å². The molecule has 22 heavy (non-hydrogen) atoms. The van der Waals surface area contributed by atoms with Crippen LogP contribution < -0.4 is 14.8 Å². The molecular weight excluding hydrogens is 300 g/mol. The minimum absolute atomic E-state index is 0. The fraction of sp³-hybridized carbons (Fsp3) is 0.647. The first kappa shape index (κ1) is 17.4. The lowest BCUT2D eigenvalue weighted by Gasteiger charge is -2.32. The standard InChI is InChI=1S/C17H26N2O2.ClH/c1-18-7-4-14-5-8-19(9-6-14)13-15-2-3-16-17(12-15)21-11-10-20-16;/h2-3,12,14,18H,4-11,13H2,1H3;1H. The van der Waals surface area contributed by atoms with Gasteiger partial charge in [-0.1, -0.05) is 6.07 Å². The van der Waals surface area contributed by atoms with Crippen LogP contribution in [0, 0.1) is 5.92 Å². The van der Waals surface area contributed by atoms with Gasteiger partial charge in [-0.15, -0.1) is 12.4 Å². The van der Waals surface area contributed by atoms with E-state index < -0.39 is 0 Å². The monoisotopic (exact) mass is 326 g/mol. The zero-order valence-electron chi connectivity index (χ0n) is 13.3. The summed E-state index contributed by atoms with van der Waals surface area (Å²) in [5.74, 6) is 2.69. The Bertz CT molecular complexity index is 462. The molecule has 0 saturated carbocycles. The molecule has 2 aliphatic rings. The molecule has 0 spiro atoms. The van der Waals surface area contributed by atoms with Crippen LogP contribution in [-0.4, -0.2) is 44.8 Å². The molecule has 1 fully saturated rings. The lowest BCUT2D eigenvalue weighted by molar-refractivity contribution is 0.166. The van der Waals surface area contributed by atoms with E-state index in [4.69, 9.17) is 9.47 Å². The summed E-state index contributed by atoms with van der Waals surface area (Å²) in [5, 5.41) is 3.26. The Morgan fingerprint density at radius 1 is 1.14 bits per heavy atom. The Morgan fingerprint density at radius 2 is 1.86 bits per heavy atom. The molecule has 1 aromatic rings. The van der Waals surface area contributed by atoms with Crippen LogP contribution in [0.3, 0.4) is 0 Å². The van der Waals surface area contributed by atoms with Crippen molar-refractivity contribution in [3.8, 4) is 11.5 Å². The van der Waals surface area contributed by atoms with Crippen LogP contribution in [0.4, 0.5) is 0 Å². The molecule has 1 N–H and O–H groups in total. The van der Waals surface area contributed by atoms with Gasteiger partial charge in [-0.3, -0.25) is 4.90 Å². The van der Waals surface area contributed by atoms with Crippen molar-refractivity contribution in [1.29, 1.82) is 0 Å². The molecule has 1 aromatic carbocycles. The number of halogens is 1. The van der Waals surface area contributed by atoms with Gasteiger partial charge in [-0.2, -0.15) is 0 Å². The van der Waals surface area contributed by atoms with Crippen LogP contribution in [0.2, 0.25) is 0 Å². The topological polar surface area (TPSA) is 33.7 Å². The third-order valence-corrected chi connectivity index (χ3v) is 4.52. The smallest absolute Gasteiger partial charge is 0.161 e. The molecule has 5 heteroatoms. The van der Waals surface area contributed by atoms with Crippen molar-refractivity contribution >= 4 is 12.4 Å². The minimum atomic E-state index is 0. The maximum atomic E-state index is 5.66. The van der Waals surface area contributed by atoms with E-state index in [0.29, 0.717) is 13.2 Å². The summed E-state index contributed by atoms with van der Waals surface area (Å²) in [6, 6.07) is 6.35. The molecule has 2 aliphatic heterocycles. The summed E-state index contributed by atoms with van der Waals surface area (Å²) in [7, 11) is 2.04. The maximum absolute atomic E-state index is 5.66. The van der Waals surface area contributed by atoms with Gasteiger partial charge in [-0.05, 0) is 69.6 Å². The first-order chi connectivity index (χ1) is 10.3. The molecule has 0 bridgehead atoms. The number of nitrogens with one attached hydrogen (secondary N) is 1. The summed E-state index contributed by atoms with van der Waals surface area (Å²) in [6.07, 6.45) is 3.97. The highest BCUT2D eigenvalue weighted by molar-refractivity contribution is 5.85. The highest BCUT2D eigenvalue weighted by Gasteiger charge is 2.19. The summed E-state index contributed by atoms with van der Waals surface area (Å²) in [5.41, 5.74) is 1.33. The summed E-state index contributed by atoms with van der Waals surface area (Å²) >= 11 is 0. The first-order valence-corrected chi connectivity index (χ1v) is 8.10. The van der Waals surface area contributed by atoms with Crippen LogP contribution in [0.1, 0.15) is 24.8 Å². The molecule has 0 aromatic heterocycles. The second-order valence-corrected chi connectivity index (χ2v) is 6.09. The van der Waals surface area contributed by atoms with Gasteiger partial charge in [0.2, 0.25) is 0 Å². The van der Waals surface area contributed by atoms with Crippen LogP contribution >= 0.6 is 12.4 Å². The quantitative estimate of drug-likeness (QED) is 0.902. The largest absolute Gasteiger partial charge is 0.486 e. The predicted molar refractivity (Wildman–Crippen MR) is 91.2 cm³/mol. The Labute approximate surface area is 139 Å². The van der Waals surface area contributed by atoms with Gasteiger partial charge in [-0.25, -0.2) is 0 Å². The second kappa shape index (κ2) is 8.61. The fourth-order valence-electron chi connectivity index (χ4n) is 3.23. The van der Waals surface area contributed by atoms with Gasteiger partial charge in [0.15, 0.2) is 11.5 Å².